The van der Waals surface area contributed by atoms with Crippen LogP contribution in [0.3, 0.4) is 0 Å². The fourth-order valence-electron chi connectivity index (χ4n) is 2.09. The second kappa shape index (κ2) is 11.0. The molecule has 1 aliphatic heterocycles. The van der Waals surface area contributed by atoms with Gasteiger partial charge in [-0.3, -0.25) is 4.90 Å². The summed E-state index contributed by atoms with van der Waals surface area (Å²) in [4.78, 5) is 2.20. The fraction of sp³-hybridized carbons (Fsp3) is 1.00. The monoisotopic (exact) mass is 243 g/mol. The molecule has 0 aliphatic carbocycles. The smallest absolute Gasteiger partial charge is 0.101 e. The van der Waals surface area contributed by atoms with Crippen molar-refractivity contribution in [3.8, 4) is 0 Å². The zero-order valence-electron chi connectivity index (χ0n) is 11.5. The van der Waals surface area contributed by atoms with Crippen LogP contribution in [0.4, 0.5) is 0 Å². The minimum absolute atomic E-state index is 0.747. The van der Waals surface area contributed by atoms with Gasteiger partial charge in [0.1, 0.15) is 13.5 Å². The first kappa shape index (κ1) is 14.9. The molecule has 3 nitrogen and oxygen atoms in total. The summed E-state index contributed by atoms with van der Waals surface area (Å²) in [6.45, 7) is 6.56. The van der Waals surface area contributed by atoms with Gasteiger partial charge in [0.15, 0.2) is 0 Å². The molecule has 0 atom stereocenters. The Bertz CT molecular complexity index is 158. The van der Waals surface area contributed by atoms with Gasteiger partial charge < -0.3 is 9.47 Å². The lowest BCUT2D eigenvalue weighted by Crippen LogP contribution is -2.23. The molecule has 0 amide bonds. The van der Waals surface area contributed by atoms with Crippen LogP contribution in [-0.2, 0) is 9.47 Å². The van der Waals surface area contributed by atoms with Gasteiger partial charge in [0.25, 0.3) is 0 Å². The molecule has 0 bridgehead atoms. The van der Waals surface area contributed by atoms with E-state index in [1.807, 2.05) is 0 Å². The minimum atomic E-state index is 0.747. The Morgan fingerprint density at radius 2 is 1.71 bits per heavy atom. The lowest BCUT2D eigenvalue weighted by Gasteiger charge is -2.12. The average Bonchev–Trinajstić information content (AvgIpc) is 2.85. The molecule has 0 unspecified atom stereocenters. The van der Waals surface area contributed by atoms with Crippen LogP contribution in [-0.4, -0.2) is 38.1 Å². The van der Waals surface area contributed by atoms with E-state index in [0.717, 1.165) is 33.2 Å². The second-order valence-electron chi connectivity index (χ2n) is 4.94. The predicted octanol–water partition coefficient (Wildman–Crippen LogP) is 3.39. The number of rotatable bonds is 11. The van der Waals surface area contributed by atoms with E-state index in [1.54, 1.807) is 0 Å². The molecule has 1 aliphatic rings. The quantitative estimate of drug-likeness (QED) is 0.519. The van der Waals surface area contributed by atoms with Crippen molar-refractivity contribution in [2.75, 3.05) is 33.2 Å². The molecule has 0 spiro atoms. The summed E-state index contributed by atoms with van der Waals surface area (Å²) in [6.07, 6.45) is 10.9. The topological polar surface area (TPSA) is 21.7 Å². The Kier molecular flexibility index (Phi) is 9.66. The first-order chi connectivity index (χ1) is 8.43. The molecule has 0 radical (unpaired) electrons. The maximum absolute atomic E-state index is 5.61. The Morgan fingerprint density at radius 1 is 1.00 bits per heavy atom. The molecule has 0 N–H and O–H groups in total. The zero-order valence-corrected chi connectivity index (χ0v) is 11.5. The minimum Gasteiger partial charge on any atom is -0.366 e. The highest BCUT2D eigenvalue weighted by molar-refractivity contribution is 4.53. The molecule has 0 aromatic carbocycles. The molecule has 1 heterocycles. The highest BCUT2D eigenvalue weighted by Crippen LogP contribution is 2.08. The molecule has 102 valence electrons. The normalized spacial score (nSPS) is 16.8. The SMILES string of the molecule is CCCCCCCCCCOCN1CCOC1. The van der Waals surface area contributed by atoms with Crippen LogP contribution >= 0.6 is 0 Å². The van der Waals surface area contributed by atoms with E-state index in [-0.39, 0.29) is 0 Å². The van der Waals surface area contributed by atoms with E-state index in [4.69, 9.17) is 9.47 Å². The third-order valence-electron chi connectivity index (χ3n) is 3.24. The van der Waals surface area contributed by atoms with Gasteiger partial charge >= 0.3 is 0 Å². The van der Waals surface area contributed by atoms with Crippen LogP contribution in [0.2, 0.25) is 0 Å². The maximum atomic E-state index is 5.61. The predicted molar refractivity (Wildman–Crippen MR) is 71.0 cm³/mol. The standard InChI is InChI=1S/C14H29NO2/c1-2-3-4-5-6-7-8-9-11-16-13-15-10-12-17-14-15/h2-14H2,1H3. The lowest BCUT2D eigenvalue weighted by molar-refractivity contribution is 0.0151. The molecule has 1 fully saturated rings. The van der Waals surface area contributed by atoms with Gasteiger partial charge in [-0.1, -0.05) is 51.9 Å². The van der Waals surface area contributed by atoms with Crippen LogP contribution in [0.15, 0.2) is 0 Å². The third kappa shape index (κ3) is 8.58. The molecule has 1 saturated heterocycles. The van der Waals surface area contributed by atoms with Gasteiger partial charge in [0.05, 0.1) is 6.61 Å². The fourth-order valence-corrected chi connectivity index (χ4v) is 2.09. The summed E-state index contributed by atoms with van der Waals surface area (Å²) in [5.41, 5.74) is 0. The average molecular weight is 243 g/mol. The van der Waals surface area contributed by atoms with E-state index < -0.39 is 0 Å². The van der Waals surface area contributed by atoms with Gasteiger partial charge in [0, 0.05) is 13.2 Å². The molecule has 0 aromatic heterocycles. The van der Waals surface area contributed by atoms with Crippen LogP contribution < -0.4 is 0 Å². The maximum Gasteiger partial charge on any atom is 0.101 e. The Morgan fingerprint density at radius 3 is 2.35 bits per heavy atom. The molecule has 1 rings (SSSR count). The van der Waals surface area contributed by atoms with Gasteiger partial charge in [-0.05, 0) is 6.42 Å². The summed E-state index contributed by atoms with van der Waals surface area (Å²) in [6, 6.07) is 0. The van der Waals surface area contributed by atoms with Crippen molar-refractivity contribution in [3.63, 3.8) is 0 Å². The number of hydrogen-bond acceptors (Lipinski definition) is 3. The van der Waals surface area contributed by atoms with Gasteiger partial charge in [-0.15, -0.1) is 0 Å². The number of ether oxygens (including phenoxy) is 2. The van der Waals surface area contributed by atoms with Crippen molar-refractivity contribution in [3.05, 3.63) is 0 Å². The number of nitrogens with zero attached hydrogens (tertiary/aromatic N) is 1. The Balaban J connectivity index is 1.69. The zero-order chi connectivity index (χ0) is 12.2. The van der Waals surface area contributed by atoms with Gasteiger partial charge in [-0.25, -0.2) is 0 Å². The van der Waals surface area contributed by atoms with Gasteiger partial charge in [-0.2, -0.15) is 0 Å². The summed E-state index contributed by atoms with van der Waals surface area (Å²) >= 11 is 0. The van der Waals surface area contributed by atoms with E-state index in [1.165, 1.54) is 51.4 Å². The highest BCUT2D eigenvalue weighted by atomic mass is 16.5. The van der Waals surface area contributed by atoms with Crippen LogP contribution in [0, 0.1) is 0 Å². The van der Waals surface area contributed by atoms with Crippen molar-refractivity contribution >= 4 is 0 Å². The molecular weight excluding hydrogens is 214 g/mol. The first-order valence-corrected chi connectivity index (χ1v) is 7.31. The van der Waals surface area contributed by atoms with E-state index in [0.29, 0.717) is 0 Å². The molecular formula is C14H29NO2. The highest BCUT2D eigenvalue weighted by Gasteiger charge is 2.10. The van der Waals surface area contributed by atoms with E-state index in [2.05, 4.69) is 11.8 Å². The summed E-state index contributed by atoms with van der Waals surface area (Å²) in [5.74, 6) is 0. The van der Waals surface area contributed by atoms with Crippen LogP contribution in [0.1, 0.15) is 58.3 Å². The molecule has 17 heavy (non-hydrogen) atoms. The summed E-state index contributed by atoms with van der Waals surface area (Å²) in [7, 11) is 0. The van der Waals surface area contributed by atoms with Crippen molar-refractivity contribution in [2.45, 2.75) is 58.3 Å². The first-order valence-electron chi connectivity index (χ1n) is 7.31. The van der Waals surface area contributed by atoms with Crippen LogP contribution in [0.25, 0.3) is 0 Å². The van der Waals surface area contributed by atoms with E-state index in [9.17, 15) is 0 Å². The number of unbranched alkanes of at least 4 members (excludes halogenated alkanes) is 7. The largest absolute Gasteiger partial charge is 0.366 e. The van der Waals surface area contributed by atoms with Crippen molar-refractivity contribution in [1.82, 2.24) is 4.90 Å². The third-order valence-corrected chi connectivity index (χ3v) is 3.24. The van der Waals surface area contributed by atoms with Gasteiger partial charge in [0.2, 0.25) is 0 Å². The van der Waals surface area contributed by atoms with Crippen molar-refractivity contribution in [2.24, 2.45) is 0 Å². The summed E-state index contributed by atoms with van der Waals surface area (Å²) < 4.78 is 10.9. The van der Waals surface area contributed by atoms with Crippen molar-refractivity contribution < 1.29 is 9.47 Å². The van der Waals surface area contributed by atoms with Crippen LogP contribution in [0.5, 0.6) is 0 Å². The van der Waals surface area contributed by atoms with Crippen molar-refractivity contribution in [1.29, 1.82) is 0 Å². The molecule has 0 saturated carbocycles. The lowest BCUT2D eigenvalue weighted by atomic mass is 10.1. The Labute approximate surface area is 106 Å². The second-order valence-corrected chi connectivity index (χ2v) is 4.94. The summed E-state index contributed by atoms with van der Waals surface area (Å²) in [5, 5.41) is 0. The number of hydrogen-bond donors (Lipinski definition) is 0. The Hall–Kier alpha value is -0.120. The molecule has 3 heteroatoms. The van der Waals surface area contributed by atoms with E-state index >= 15 is 0 Å². The molecule has 0 aromatic rings.